The maximum atomic E-state index is 14.3. The summed E-state index contributed by atoms with van der Waals surface area (Å²) in [5.74, 6) is 2.25. The Labute approximate surface area is 277 Å². The van der Waals surface area contributed by atoms with Gasteiger partial charge in [-0.1, -0.05) is 66.7 Å². The lowest BCUT2D eigenvalue weighted by Crippen LogP contribution is -2.16. The molecular weight excluding hydrogens is 620 g/mol. The summed E-state index contributed by atoms with van der Waals surface area (Å²) in [7, 11) is 0. The zero-order valence-corrected chi connectivity index (χ0v) is 25.8. The molecule has 0 atom stereocenters. The van der Waals surface area contributed by atoms with Crippen LogP contribution in [0.5, 0.6) is 23.0 Å². The van der Waals surface area contributed by atoms with Crippen LogP contribution in [0.25, 0.3) is 76.9 Å². The number of hydrogen-bond acceptors (Lipinski definition) is 8. The van der Waals surface area contributed by atoms with Gasteiger partial charge in [0, 0.05) is 11.1 Å². The molecule has 0 radical (unpaired) electrons. The SMILES string of the molecule is O=c1c(-c2cccc3c2OCCO3)coc2ccc3ccc(-c4cc5occ(-c6cccc7c6OCO7)c(=O)c5c5ccccc45)cc3c12. The van der Waals surface area contributed by atoms with Crippen LogP contribution in [0.4, 0.5) is 0 Å². The molecule has 0 unspecified atom stereocenters. The first kappa shape index (κ1) is 27.6. The first-order valence-corrected chi connectivity index (χ1v) is 15.9. The number of para-hydroxylation sites is 2. The molecule has 0 saturated carbocycles. The van der Waals surface area contributed by atoms with Gasteiger partial charge in [0.2, 0.25) is 17.7 Å². The van der Waals surface area contributed by atoms with Crippen molar-refractivity contribution >= 4 is 43.5 Å². The van der Waals surface area contributed by atoms with Gasteiger partial charge in [-0.3, -0.25) is 9.59 Å². The van der Waals surface area contributed by atoms with Crippen molar-refractivity contribution in [2.45, 2.75) is 0 Å². The molecular formula is C41H24O8. The van der Waals surface area contributed by atoms with Crippen molar-refractivity contribution < 1.29 is 27.8 Å². The molecule has 236 valence electrons. The van der Waals surface area contributed by atoms with Crippen LogP contribution in [-0.2, 0) is 0 Å². The normalized spacial score (nSPS) is 13.5. The molecule has 0 aliphatic carbocycles. The van der Waals surface area contributed by atoms with Crippen molar-refractivity contribution in [3.63, 3.8) is 0 Å². The summed E-state index contributed by atoms with van der Waals surface area (Å²) in [6.45, 7) is 0.941. The predicted octanol–water partition coefficient (Wildman–Crippen LogP) is 8.71. The van der Waals surface area contributed by atoms with Gasteiger partial charge in [0.05, 0.1) is 21.9 Å². The van der Waals surface area contributed by atoms with Crippen LogP contribution >= 0.6 is 0 Å². The highest BCUT2D eigenvalue weighted by molar-refractivity contribution is 6.14. The van der Waals surface area contributed by atoms with Crippen molar-refractivity contribution in [1.29, 1.82) is 0 Å². The molecule has 0 amide bonds. The van der Waals surface area contributed by atoms with E-state index >= 15 is 0 Å². The van der Waals surface area contributed by atoms with Gasteiger partial charge in [-0.2, -0.15) is 0 Å². The summed E-state index contributed by atoms with van der Waals surface area (Å²) in [5.41, 5.74) is 4.33. The Morgan fingerprint density at radius 2 is 1.12 bits per heavy atom. The summed E-state index contributed by atoms with van der Waals surface area (Å²) < 4.78 is 35.2. The van der Waals surface area contributed by atoms with E-state index < -0.39 is 0 Å². The number of ether oxygens (including phenoxy) is 4. The summed E-state index contributed by atoms with van der Waals surface area (Å²) in [5, 5.41) is 4.20. The molecule has 0 N–H and O–H groups in total. The minimum Gasteiger partial charge on any atom is -0.486 e. The molecule has 10 rings (SSSR count). The summed E-state index contributed by atoms with van der Waals surface area (Å²) >= 11 is 0. The molecule has 2 aromatic heterocycles. The van der Waals surface area contributed by atoms with Gasteiger partial charge in [0.15, 0.2) is 23.0 Å². The number of rotatable bonds is 3. The van der Waals surface area contributed by atoms with Crippen LogP contribution in [0.3, 0.4) is 0 Å². The molecule has 49 heavy (non-hydrogen) atoms. The minimum absolute atomic E-state index is 0.0967. The van der Waals surface area contributed by atoms with Gasteiger partial charge in [0.1, 0.15) is 36.9 Å². The topological polar surface area (TPSA) is 97.3 Å². The van der Waals surface area contributed by atoms with Gasteiger partial charge >= 0.3 is 0 Å². The molecule has 0 saturated heterocycles. The van der Waals surface area contributed by atoms with Gasteiger partial charge < -0.3 is 27.8 Å². The van der Waals surface area contributed by atoms with Gasteiger partial charge in [-0.05, 0) is 63.0 Å². The fraction of sp³-hybridized carbons (Fsp3) is 0.0732. The zero-order valence-electron chi connectivity index (χ0n) is 25.8. The van der Waals surface area contributed by atoms with E-state index in [1.807, 2.05) is 97.1 Å². The summed E-state index contributed by atoms with van der Waals surface area (Å²) in [6, 6.07) is 30.4. The Bertz CT molecular complexity index is 2810. The minimum atomic E-state index is -0.171. The van der Waals surface area contributed by atoms with Crippen molar-refractivity contribution in [2.75, 3.05) is 20.0 Å². The Balaban J connectivity index is 1.19. The second-order valence-corrected chi connectivity index (χ2v) is 12.0. The van der Waals surface area contributed by atoms with Crippen LogP contribution in [-0.4, -0.2) is 20.0 Å². The number of benzene rings is 6. The van der Waals surface area contributed by atoms with Crippen molar-refractivity contribution in [3.05, 3.63) is 130 Å². The second kappa shape index (κ2) is 10.5. The molecule has 8 aromatic rings. The van der Waals surface area contributed by atoms with Gasteiger partial charge in [0.25, 0.3) is 0 Å². The molecule has 0 fully saturated rings. The van der Waals surface area contributed by atoms with E-state index in [1.165, 1.54) is 12.5 Å². The second-order valence-electron chi connectivity index (χ2n) is 12.0. The molecule has 4 heterocycles. The van der Waals surface area contributed by atoms with E-state index in [1.54, 1.807) is 0 Å². The Morgan fingerprint density at radius 3 is 1.92 bits per heavy atom. The summed E-state index contributed by atoms with van der Waals surface area (Å²) in [4.78, 5) is 28.5. The van der Waals surface area contributed by atoms with Crippen LogP contribution in [0, 0.1) is 0 Å². The van der Waals surface area contributed by atoms with E-state index in [-0.39, 0.29) is 17.7 Å². The fourth-order valence-electron chi connectivity index (χ4n) is 7.14. The first-order valence-electron chi connectivity index (χ1n) is 15.9. The molecule has 2 aliphatic rings. The van der Waals surface area contributed by atoms with Crippen molar-refractivity contribution in [1.82, 2.24) is 0 Å². The average Bonchev–Trinajstić information content (AvgIpc) is 3.64. The quantitative estimate of drug-likeness (QED) is 0.176. The van der Waals surface area contributed by atoms with Gasteiger partial charge in [-0.15, -0.1) is 0 Å². The lowest BCUT2D eigenvalue weighted by molar-refractivity contribution is 0.172. The van der Waals surface area contributed by atoms with E-state index in [2.05, 4.69) is 0 Å². The molecule has 8 heteroatoms. The van der Waals surface area contributed by atoms with Gasteiger partial charge in [-0.25, -0.2) is 0 Å². The van der Waals surface area contributed by atoms with E-state index in [4.69, 9.17) is 27.8 Å². The van der Waals surface area contributed by atoms with E-state index in [9.17, 15) is 9.59 Å². The highest BCUT2D eigenvalue weighted by Gasteiger charge is 2.24. The van der Waals surface area contributed by atoms with Crippen LogP contribution in [0.15, 0.2) is 128 Å². The third-order valence-corrected chi connectivity index (χ3v) is 9.40. The Hall–Kier alpha value is -6.54. The van der Waals surface area contributed by atoms with Crippen LogP contribution < -0.4 is 29.8 Å². The van der Waals surface area contributed by atoms with E-state index in [0.717, 1.165) is 32.7 Å². The fourth-order valence-corrected chi connectivity index (χ4v) is 7.14. The van der Waals surface area contributed by atoms with Crippen LogP contribution in [0.2, 0.25) is 0 Å². The molecule has 8 nitrogen and oxygen atoms in total. The molecule has 0 spiro atoms. The lowest BCUT2D eigenvalue weighted by atomic mass is 9.92. The number of hydrogen-bond donors (Lipinski definition) is 0. The molecule has 2 aliphatic heterocycles. The number of fused-ring (bicyclic) bond motifs is 8. The first-order chi connectivity index (χ1) is 24.1. The molecule has 0 bridgehead atoms. The maximum Gasteiger partial charge on any atom is 0.231 e. The lowest BCUT2D eigenvalue weighted by Gasteiger charge is -2.20. The third-order valence-electron chi connectivity index (χ3n) is 9.40. The molecule has 6 aromatic carbocycles. The standard InChI is InChI=1S/C41H24O8/c42-38-31(27-8-4-10-34-41(27)49-21-48-34)20-47-35-18-28(24-5-1-2-6-25(24)36(35)38)23-12-11-22-13-14-32-37(29(22)17-23)39(43)30(19-46-32)26-7-3-9-33-40(26)45-16-15-44-33/h1-14,17-20H,15-16,21H2. The van der Waals surface area contributed by atoms with E-state index in [0.29, 0.717) is 80.4 Å². The highest BCUT2D eigenvalue weighted by atomic mass is 16.7. The largest absolute Gasteiger partial charge is 0.486 e. The zero-order chi connectivity index (χ0) is 32.6. The third kappa shape index (κ3) is 4.10. The Kier molecular flexibility index (Phi) is 5.90. The van der Waals surface area contributed by atoms with Crippen molar-refractivity contribution in [2.24, 2.45) is 0 Å². The maximum absolute atomic E-state index is 14.3. The smallest absolute Gasteiger partial charge is 0.231 e. The predicted molar refractivity (Wildman–Crippen MR) is 187 cm³/mol. The summed E-state index contributed by atoms with van der Waals surface area (Å²) in [6.07, 6.45) is 2.97. The van der Waals surface area contributed by atoms with Crippen molar-refractivity contribution in [3.8, 4) is 56.4 Å². The highest BCUT2D eigenvalue weighted by Crippen LogP contribution is 2.43. The monoisotopic (exact) mass is 644 g/mol. The van der Waals surface area contributed by atoms with Crippen LogP contribution in [0.1, 0.15) is 0 Å². The average molecular weight is 645 g/mol. The Morgan fingerprint density at radius 1 is 0.469 bits per heavy atom.